The summed E-state index contributed by atoms with van der Waals surface area (Å²) in [7, 11) is 0. The molecule has 4 aromatic rings. The molecule has 1 aliphatic carbocycles. The molecule has 6 rings (SSSR count). The van der Waals surface area contributed by atoms with Crippen LogP contribution in [-0.4, -0.2) is 20.0 Å². The molecular weight excluding hydrogens is 466 g/mol. The van der Waals surface area contributed by atoms with Crippen molar-refractivity contribution in [1.82, 2.24) is 20.0 Å². The summed E-state index contributed by atoms with van der Waals surface area (Å²) >= 11 is 0. The van der Waals surface area contributed by atoms with Crippen molar-refractivity contribution in [2.75, 3.05) is 0 Å². The molecule has 1 aliphatic heterocycles. The van der Waals surface area contributed by atoms with Crippen LogP contribution >= 0.6 is 0 Å². The number of nitrogens with zero attached hydrogens (tertiary/aromatic N) is 5. The Hall–Kier alpha value is -3.34. The zero-order valence-corrected chi connectivity index (χ0v) is 23.8. The SMILES string of the molecule is CCCCc1cccc(-c2cn(-c3ccc4c(c3)-c3cnc(C(C)(C)C)c[n+]3C3(CC)CC43CC)nn2)c1. The molecule has 196 valence electrons. The van der Waals surface area contributed by atoms with Crippen molar-refractivity contribution in [3.8, 4) is 28.2 Å². The van der Waals surface area contributed by atoms with E-state index in [-0.39, 0.29) is 16.4 Å². The molecule has 2 aliphatic rings. The Balaban J connectivity index is 1.43. The average molecular weight is 507 g/mol. The quantitative estimate of drug-likeness (QED) is 0.251. The number of fused-ring (bicyclic) bond motifs is 6. The third kappa shape index (κ3) is 3.65. The van der Waals surface area contributed by atoms with Crippen LogP contribution in [0.15, 0.2) is 61.1 Å². The number of aromatic nitrogens is 5. The van der Waals surface area contributed by atoms with E-state index in [0.717, 1.165) is 41.9 Å². The van der Waals surface area contributed by atoms with E-state index in [1.807, 2.05) is 4.68 Å². The Morgan fingerprint density at radius 2 is 1.87 bits per heavy atom. The van der Waals surface area contributed by atoms with E-state index in [4.69, 9.17) is 4.98 Å². The molecule has 5 nitrogen and oxygen atoms in total. The predicted octanol–water partition coefficient (Wildman–Crippen LogP) is 7.09. The summed E-state index contributed by atoms with van der Waals surface area (Å²) in [6, 6.07) is 15.6. The fraction of sp³-hybridized carbons (Fsp3) is 0.455. The van der Waals surface area contributed by atoms with Crippen molar-refractivity contribution in [3.05, 3.63) is 77.9 Å². The van der Waals surface area contributed by atoms with Gasteiger partial charge in [0.25, 0.3) is 0 Å². The number of aryl methyl sites for hydroxylation is 1. The van der Waals surface area contributed by atoms with Gasteiger partial charge in [-0.2, -0.15) is 4.57 Å². The van der Waals surface area contributed by atoms with Crippen molar-refractivity contribution in [1.29, 1.82) is 0 Å². The molecule has 2 unspecified atom stereocenters. The first-order valence-electron chi connectivity index (χ1n) is 14.4. The molecule has 0 saturated heterocycles. The largest absolute Gasteiger partial charge is 0.248 e. The highest BCUT2D eigenvalue weighted by atomic mass is 15.4. The molecule has 38 heavy (non-hydrogen) atoms. The minimum absolute atomic E-state index is 0.00776. The Bertz CT molecular complexity index is 1510. The van der Waals surface area contributed by atoms with Crippen LogP contribution < -0.4 is 4.57 Å². The zero-order chi connectivity index (χ0) is 26.7. The van der Waals surface area contributed by atoms with Crippen LogP contribution in [0.3, 0.4) is 0 Å². The van der Waals surface area contributed by atoms with Crippen LogP contribution in [0.2, 0.25) is 0 Å². The first-order chi connectivity index (χ1) is 18.3. The molecule has 0 N–H and O–H groups in total. The maximum atomic E-state index is 4.95. The average Bonchev–Trinajstić information content (AvgIpc) is 3.39. The van der Waals surface area contributed by atoms with E-state index < -0.39 is 0 Å². The first-order valence-corrected chi connectivity index (χ1v) is 14.4. The lowest BCUT2D eigenvalue weighted by Crippen LogP contribution is -2.55. The summed E-state index contributed by atoms with van der Waals surface area (Å²) in [4.78, 5) is 4.95. The molecule has 0 spiro atoms. The van der Waals surface area contributed by atoms with Gasteiger partial charge in [-0.15, -0.1) is 5.10 Å². The third-order valence-corrected chi connectivity index (χ3v) is 9.21. The summed E-state index contributed by atoms with van der Waals surface area (Å²) < 4.78 is 4.49. The lowest BCUT2D eigenvalue weighted by Gasteiger charge is -2.30. The van der Waals surface area contributed by atoms with Crippen LogP contribution in [0.1, 0.15) is 90.5 Å². The van der Waals surface area contributed by atoms with Gasteiger partial charge in [-0.25, -0.2) is 9.67 Å². The van der Waals surface area contributed by atoms with Gasteiger partial charge in [-0.05, 0) is 48.6 Å². The topological polar surface area (TPSA) is 47.5 Å². The molecule has 0 bridgehead atoms. The normalized spacial score (nSPS) is 21.5. The van der Waals surface area contributed by atoms with Gasteiger partial charge in [0.1, 0.15) is 11.4 Å². The number of rotatable bonds is 7. The van der Waals surface area contributed by atoms with Crippen LogP contribution in [0.5, 0.6) is 0 Å². The fourth-order valence-corrected chi connectivity index (χ4v) is 6.85. The summed E-state index contributed by atoms with van der Waals surface area (Å²) in [5.74, 6) is 0. The number of benzene rings is 2. The molecule has 5 heteroatoms. The van der Waals surface area contributed by atoms with Gasteiger partial charge in [0.05, 0.1) is 29.1 Å². The third-order valence-electron chi connectivity index (χ3n) is 9.21. The second-order valence-electron chi connectivity index (χ2n) is 12.4. The van der Waals surface area contributed by atoms with Crippen molar-refractivity contribution >= 4 is 0 Å². The number of unbranched alkanes of at least 4 members (excludes halogenated alkanes) is 1. The molecule has 1 saturated carbocycles. The molecular formula is C33H40N5+. The van der Waals surface area contributed by atoms with E-state index >= 15 is 0 Å². The molecule has 0 amide bonds. The van der Waals surface area contributed by atoms with Crippen LogP contribution in [0.25, 0.3) is 28.2 Å². The van der Waals surface area contributed by atoms with Crippen molar-refractivity contribution in [2.45, 2.75) is 96.4 Å². The highest BCUT2D eigenvalue weighted by Gasteiger charge is 2.76. The highest BCUT2D eigenvalue weighted by Crippen LogP contribution is 2.67. The van der Waals surface area contributed by atoms with E-state index in [0.29, 0.717) is 0 Å². The minimum atomic E-state index is 0.00776. The van der Waals surface area contributed by atoms with Crippen molar-refractivity contribution in [3.63, 3.8) is 0 Å². The van der Waals surface area contributed by atoms with Gasteiger partial charge < -0.3 is 0 Å². The summed E-state index contributed by atoms with van der Waals surface area (Å²) in [5.41, 5.74) is 9.83. The van der Waals surface area contributed by atoms with E-state index in [1.54, 1.807) is 0 Å². The highest BCUT2D eigenvalue weighted by molar-refractivity contribution is 5.70. The van der Waals surface area contributed by atoms with Crippen LogP contribution in [0.4, 0.5) is 0 Å². The lowest BCUT2D eigenvalue weighted by molar-refractivity contribution is -0.736. The van der Waals surface area contributed by atoms with E-state index in [1.165, 1.54) is 41.6 Å². The maximum Gasteiger partial charge on any atom is 0.231 e. The molecule has 2 atom stereocenters. The lowest BCUT2D eigenvalue weighted by atomic mass is 9.79. The van der Waals surface area contributed by atoms with Gasteiger partial charge in [0.2, 0.25) is 5.69 Å². The predicted molar refractivity (Wildman–Crippen MR) is 152 cm³/mol. The Kier molecular flexibility index (Phi) is 5.82. The van der Waals surface area contributed by atoms with Gasteiger partial charge in [0.15, 0.2) is 11.7 Å². The second-order valence-corrected chi connectivity index (χ2v) is 12.4. The number of hydrogen-bond acceptors (Lipinski definition) is 3. The minimum Gasteiger partial charge on any atom is -0.248 e. The van der Waals surface area contributed by atoms with Crippen LogP contribution in [-0.2, 0) is 22.8 Å². The van der Waals surface area contributed by atoms with Crippen molar-refractivity contribution < 1.29 is 4.57 Å². The molecule has 2 aromatic carbocycles. The maximum absolute atomic E-state index is 4.95. The fourth-order valence-electron chi connectivity index (χ4n) is 6.85. The Labute approximate surface area is 227 Å². The van der Waals surface area contributed by atoms with Gasteiger partial charge in [0, 0.05) is 23.8 Å². The first kappa shape index (κ1) is 25.0. The van der Waals surface area contributed by atoms with Gasteiger partial charge >= 0.3 is 0 Å². The van der Waals surface area contributed by atoms with E-state index in [2.05, 4.69) is 117 Å². The van der Waals surface area contributed by atoms with Gasteiger partial charge in [-0.1, -0.05) is 77.4 Å². The summed E-state index contributed by atoms with van der Waals surface area (Å²) in [6.07, 6.45) is 13.4. The summed E-state index contributed by atoms with van der Waals surface area (Å²) in [5, 5.41) is 9.10. The Morgan fingerprint density at radius 3 is 2.61 bits per heavy atom. The molecule has 0 radical (unpaired) electrons. The van der Waals surface area contributed by atoms with Crippen LogP contribution in [0, 0.1) is 0 Å². The molecule has 2 aromatic heterocycles. The molecule has 3 heterocycles. The number of hydrogen-bond donors (Lipinski definition) is 0. The Morgan fingerprint density at radius 1 is 1.03 bits per heavy atom. The van der Waals surface area contributed by atoms with Crippen molar-refractivity contribution in [2.24, 2.45) is 0 Å². The van der Waals surface area contributed by atoms with E-state index in [9.17, 15) is 0 Å². The second kappa shape index (κ2) is 8.86. The summed E-state index contributed by atoms with van der Waals surface area (Å²) in [6.45, 7) is 13.7. The molecule has 1 fully saturated rings. The smallest absolute Gasteiger partial charge is 0.231 e. The standard InChI is InChI=1S/C33H40N5/c1-7-10-12-23-13-11-14-24(17-23)28-20-38(36-35-28)25-15-16-27-26(18-25)29-19-34-30(31(4,5)6)21-37(29)33(9-3)22-32(27,33)8-2/h11,13-21H,7-10,12,22H2,1-6H3/q+1. The van der Waals surface area contributed by atoms with Gasteiger partial charge in [-0.3, -0.25) is 0 Å². The zero-order valence-electron chi connectivity index (χ0n) is 23.8. The monoisotopic (exact) mass is 506 g/mol.